The van der Waals surface area contributed by atoms with Crippen LogP contribution in [0.5, 0.6) is 0 Å². The molecule has 0 saturated heterocycles. The molecule has 1 amide bonds. The molecule has 1 N–H and O–H groups in total. The smallest absolute Gasteiger partial charge is 0.264 e. The van der Waals surface area contributed by atoms with Gasteiger partial charge >= 0.3 is 0 Å². The van der Waals surface area contributed by atoms with Gasteiger partial charge in [-0.25, -0.2) is 12.8 Å². The lowest BCUT2D eigenvalue weighted by molar-refractivity contribution is -0.120. The maximum Gasteiger partial charge on any atom is 0.264 e. The quantitative estimate of drug-likeness (QED) is 0.782. The summed E-state index contributed by atoms with van der Waals surface area (Å²) in [6.45, 7) is 1.60. The van der Waals surface area contributed by atoms with E-state index in [0.29, 0.717) is 17.5 Å². The number of sulfonamides is 1. The van der Waals surface area contributed by atoms with E-state index in [4.69, 9.17) is 0 Å². The molecule has 2 aliphatic rings. The monoisotopic (exact) mass is 416 g/mol. The normalized spacial score (nSPS) is 23.2. The van der Waals surface area contributed by atoms with Crippen LogP contribution in [0.2, 0.25) is 0 Å². The van der Waals surface area contributed by atoms with Crippen molar-refractivity contribution in [3.63, 3.8) is 0 Å². The van der Waals surface area contributed by atoms with Gasteiger partial charge in [0.15, 0.2) is 0 Å². The van der Waals surface area contributed by atoms with E-state index in [9.17, 15) is 17.6 Å². The second-order valence-corrected chi connectivity index (χ2v) is 10.0. The molecule has 154 valence electrons. The third-order valence-corrected chi connectivity index (χ3v) is 7.88. The number of hydrogen-bond donors (Lipinski definition) is 1. The van der Waals surface area contributed by atoms with Gasteiger partial charge in [0.25, 0.3) is 10.0 Å². The van der Waals surface area contributed by atoms with Crippen LogP contribution in [0.3, 0.4) is 0 Å². The van der Waals surface area contributed by atoms with Crippen LogP contribution in [0, 0.1) is 24.6 Å². The molecule has 5 nitrogen and oxygen atoms in total. The van der Waals surface area contributed by atoms with Crippen molar-refractivity contribution < 1.29 is 17.6 Å². The number of carbonyl (C=O) groups is 1. The van der Waals surface area contributed by atoms with Gasteiger partial charge in [0, 0.05) is 6.04 Å². The standard InChI is InChI=1S/C22H25FN2O3S/c1-15-2-8-19(9-3-15)25(29(27,28)20-10-6-18(23)7-11-20)14-22(26)24-21-13-16-4-5-17(21)12-16/h2-3,6-11,16-17,21H,4-5,12-14H2,1H3,(H,24,26). The Morgan fingerprint density at radius 1 is 1.07 bits per heavy atom. The van der Waals surface area contributed by atoms with E-state index in [1.165, 1.54) is 18.6 Å². The lowest BCUT2D eigenvalue weighted by Gasteiger charge is -2.27. The lowest BCUT2D eigenvalue weighted by atomic mass is 9.95. The number of rotatable bonds is 6. The third-order valence-electron chi connectivity index (χ3n) is 6.10. The molecule has 2 fully saturated rings. The number of nitrogens with one attached hydrogen (secondary N) is 1. The highest BCUT2D eigenvalue weighted by molar-refractivity contribution is 7.92. The Morgan fingerprint density at radius 3 is 2.34 bits per heavy atom. The van der Waals surface area contributed by atoms with Crippen molar-refractivity contribution in [2.24, 2.45) is 11.8 Å². The minimum atomic E-state index is -4.02. The molecule has 3 unspecified atom stereocenters. The molecule has 2 aliphatic carbocycles. The highest BCUT2D eigenvalue weighted by Crippen LogP contribution is 2.44. The summed E-state index contributed by atoms with van der Waals surface area (Å²) in [6, 6.07) is 11.8. The van der Waals surface area contributed by atoms with Crippen LogP contribution in [0.1, 0.15) is 31.2 Å². The van der Waals surface area contributed by atoms with Gasteiger partial charge in [-0.1, -0.05) is 24.1 Å². The Bertz CT molecular complexity index is 990. The van der Waals surface area contributed by atoms with Crippen LogP contribution in [-0.4, -0.2) is 26.9 Å². The molecule has 2 aromatic rings. The van der Waals surface area contributed by atoms with Crippen LogP contribution in [0.25, 0.3) is 0 Å². The summed E-state index contributed by atoms with van der Waals surface area (Å²) >= 11 is 0. The van der Waals surface area contributed by atoms with Crippen molar-refractivity contribution in [1.29, 1.82) is 0 Å². The van der Waals surface area contributed by atoms with Crippen molar-refractivity contribution in [1.82, 2.24) is 5.32 Å². The van der Waals surface area contributed by atoms with E-state index in [-0.39, 0.29) is 23.4 Å². The molecule has 2 bridgehead atoms. The number of anilines is 1. The highest BCUT2D eigenvalue weighted by Gasteiger charge is 2.40. The summed E-state index contributed by atoms with van der Waals surface area (Å²) < 4.78 is 40.9. The first-order chi connectivity index (χ1) is 13.8. The number of carbonyl (C=O) groups excluding carboxylic acids is 1. The van der Waals surface area contributed by atoms with Crippen LogP contribution < -0.4 is 9.62 Å². The van der Waals surface area contributed by atoms with Crippen molar-refractivity contribution >= 4 is 21.6 Å². The molecule has 0 heterocycles. The van der Waals surface area contributed by atoms with E-state index in [2.05, 4.69) is 5.32 Å². The van der Waals surface area contributed by atoms with Crippen molar-refractivity contribution in [3.8, 4) is 0 Å². The van der Waals surface area contributed by atoms with Crippen molar-refractivity contribution in [3.05, 3.63) is 59.9 Å². The Hall–Kier alpha value is -2.41. The molecule has 7 heteroatoms. The van der Waals surface area contributed by atoms with Gasteiger partial charge in [0.05, 0.1) is 10.6 Å². The Kier molecular flexibility index (Phi) is 5.34. The summed E-state index contributed by atoms with van der Waals surface area (Å²) in [6.07, 6.45) is 4.49. The second kappa shape index (κ2) is 7.78. The fourth-order valence-corrected chi connectivity index (χ4v) is 5.99. The summed E-state index contributed by atoms with van der Waals surface area (Å²) in [5.41, 5.74) is 1.39. The maximum atomic E-state index is 13.3. The molecule has 2 aromatic carbocycles. The first-order valence-electron chi connectivity index (χ1n) is 9.97. The fourth-order valence-electron chi connectivity index (χ4n) is 4.56. The summed E-state index contributed by atoms with van der Waals surface area (Å²) in [4.78, 5) is 12.7. The zero-order valence-corrected chi connectivity index (χ0v) is 17.2. The molecule has 0 aliphatic heterocycles. The van der Waals surface area contributed by atoms with Gasteiger partial charge < -0.3 is 5.32 Å². The Morgan fingerprint density at radius 2 is 1.76 bits per heavy atom. The van der Waals surface area contributed by atoms with E-state index in [0.717, 1.165) is 41.3 Å². The number of nitrogens with zero attached hydrogens (tertiary/aromatic N) is 1. The molecule has 3 atom stereocenters. The predicted octanol–water partition coefficient (Wildman–Crippen LogP) is 3.63. The fraction of sp³-hybridized carbons (Fsp3) is 0.409. The van der Waals surface area contributed by atoms with Gasteiger partial charge in [0.1, 0.15) is 12.4 Å². The maximum absolute atomic E-state index is 13.3. The molecule has 2 saturated carbocycles. The summed E-state index contributed by atoms with van der Waals surface area (Å²) in [5.74, 6) is 0.362. The molecular formula is C22H25FN2O3S. The van der Waals surface area contributed by atoms with Crippen LogP contribution in [0.4, 0.5) is 10.1 Å². The van der Waals surface area contributed by atoms with E-state index in [1.807, 2.05) is 6.92 Å². The molecular weight excluding hydrogens is 391 g/mol. The van der Waals surface area contributed by atoms with Gasteiger partial charge in [-0.2, -0.15) is 0 Å². The largest absolute Gasteiger partial charge is 0.352 e. The minimum absolute atomic E-state index is 0.0489. The van der Waals surface area contributed by atoms with Gasteiger partial charge in [-0.15, -0.1) is 0 Å². The molecule has 0 spiro atoms. The number of aryl methyl sites for hydroxylation is 1. The molecule has 0 radical (unpaired) electrons. The number of fused-ring (bicyclic) bond motifs is 2. The minimum Gasteiger partial charge on any atom is -0.352 e. The lowest BCUT2D eigenvalue weighted by Crippen LogP contribution is -2.46. The third kappa shape index (κ3) is 4.15. The summed E-state index contributed by atoms with van der Waals surface area (Å²) in [7, 11) is -4.02. The van der Waals surface area contributed by atoms with E-state index in [1.54, 1.807) is 24.3 Å². The highest BCUT2D eigenvalue weighted by atomic mass is 32.2. The number of amides is 1. The Balaban J connectivity index is 1.59. The van der Waals surface area contributed by atoms with Crippen LogP contribution in [0.15, 0.2) is 53.4 Å². The number of hydrogen-bond acceptors (Lipinski definition) is 3. The molecule has 0 aromatic heterocycles. The first kappa shape index (κ1) is 19.9. The first-order valence-corrected chi connectivity index (χ1v) is 11.4. The number of benzene rings is 2. The van der Waals surface area contributed by atoms with Gasteiger partial charge in [0.2, 0.25) is 5.91 Å². The zero-order chi connectivity index (χ0) is 20.6. The second-order valence-electron chi connectivity index (χ2n) is 8.15. The zero-order valence-electron chi connectivity index (χ0n) is 16.3. The van der Waals surface area contributed by atoms with Gasteiger partial charge in [-0.3, -0.25) is 9.10 Å². The Labute approximate surface area is 171 Å². The van der Waals surface area contributed by atoms with E-state index < -0.39 is 15.8 Å². The van der Waals surface area contributed by atoms with Crippen LogP contribution >= 0.6 is 0 Å². The molecule has 4 rings (SSSR count). The van der Waals surface area contributed by atoms with Crippen molar-refractivity contribution in [2.75, 3.05) is 10.8 Å². The van der Waals surface area contributed by atoms with Crippen molar-refractivity contribution in [2.45, 2.75) is 43.5 Å². The topological polar surface area (TPSA) is 66.5 Å². The van der Waals surface area contributed by atoms with E-state index >= 15 is 0 Å². The predicted molar refractivity (Wildman–Crippen MR) is 109 cm³/mol. The summed E-state index contributed by atoms with van der Waals surface area (Å²) in [5, 5.41) is 3.05. The average Bonchev–Trinajstić information content (AvgIpc) is 3.30. The van der Waals surface area contributed by atoms with Gasteiger partial charge in [-0.05, 0) is 74.4 Å². The van der Waals surface area contributed by atoms with Crippen LogP contribution in [-0.2, 0) is 14.8 Å². The molecule has 29 heavy (non-hydrogen) atoms. The SMILES string of the molecule is Cc1ccc(N(CC(=O)NC2CC3CCC2C3)S(=O)(=O)c2ccc(F)cc2)cc1. The number of halogens is 1. The average molecular weight is 417 g/mol.